The first-order valence-corrected chi connectivity index (χ1v) is 7.12. The Morgan fingerprint density at radius 1 is 1.41 bits per heavy atom. The second-order valence-electron chi connectivity index (χ2n) is 6.25. The van der Waals surface area contributed by atoms with Gasteiger partial charge in [0.15, 0.2) is 0 Å². The Kier molecular flexibility index (Phi) is 4.08. The summed E-state index contributed by atoms with van der Waals surface area (Å²) >= 11 is 0. The molecule has 1 saturated heterocycles. The minimum absolute atomic E-state index is 0.290. The third-order valence-electron chi connectivity index (χ3n) is 4.11. The molecule has 3 nitrogen and oxygen atoms in total. The lowest BCUT2D eigenvalue weighted by Crippen LogP contribution is -2.47. The maximum atomic E-state index is 12.0. The number of hydrogen-bond acceptors (Lipinski definition) is 2. The van der Waals surface area contributed by atoms with Crippen molar-refractivity contribution in [1.82, 2.24) is 10.2 Å². The summed E-state index contributed by atoms with van der Waals surface area (Å²) in [6.07, 6.45) is 6.38. The van der Waals surface area contributed by atoms with Gasteiger partial charge in [0.1, 0.15) is 0 Å². The average molecular weight is 238 g/mol. The maximum absolute atomic E-state index is 12.0. The van der Waals surface area contributed by atoms with Crippen molar-refractivity contribution in [3.63, 3.8) is 0 Å². The molecule has 2 aliphatic rings. The van der Waals surface area contributed by atoms with Gasteiger partial charge in [-0.15, -0.1) is 0 Å². The van der Waals surface area contributed by atoms with Gasteiger partial charge in [-0.1, -0.05) is 33.6 Å². The Morgan fingerprint density at radius 2 is 2.18 bits per heavy atom. The molecule has 1 N–H and O–H groups in total. The quantitative estimate of drug-likeness (QED) is 0.818. The van der Waals surface area contributed by atoms with Crippen LogP contribution in [0.4, 0.5) is 0 Å². The number of hydrogen-bond donors (Lipinski definition) is 1. The van der Waals surface area contributed by atoms with Gasteiger partial charge < -0.3 is 4.90 Å². The molecule has 17 heavy (non-hydrogen) atoms. The van der Waals surface area contributed by atoms with Gasteiger partial charge >= 0.3 is 0 Å². The van der Waals surface area contributed by atoms with E-state index in [1.807, 2.05) is 0 Å². The molecule has 1 aliphatic heterocycles. The van der Waals surface area contributed by atoms with Crippen molar-refractivity contribution in [3.05, 3.63) is 0 Å². The third-order valence-corrected chi connectivity index (χ3v) is 4.11. The largest absolute Gasteiger partial charge is 0.323 e. The van der Waals surface area contributed by atoms with E-state index in [-0.39, 0.29) is 6.17 Å². The summed E-state index contributed by atoms with van der Waals surface area (Å²) in [5.41, 5.74) is 0. The van der Waals surface area contributed by atoms with Gasteiger partial charge in [-0.2, -0.15) is 0 Å². The molecule has 0 radical (unpaired) electrons. The van der Waals surface area contributed by atoms with Gasteiger partial charge in [0.25, 0.3) is 0 Å². The molecule has 1 saturated carbocycles. The number of nitrogens with one attached hydrogen (secondary N) is 1. The topological polar surface area (TPSA) is 32.3 Å². The zero-order valence-electron chi connectivity index (χ0n) is 11.4. The van der Waals surface area contributed by atoms with E-state index in [1.165, 1.54) is 25.7 Å². The molecule has 0 aromatic heterocycles. The Bertz CT molecular complexity index is 277. The molecule has 0 bridgehead atoms. The number of carbonyl (C=O) groups excluding carboxylic acids is 1. The lowest BCUT2D eigenvalue weighted by molar-refractivity contribution is -0.131. The lowest BCUT2D eigenvalue weighted by atomic mass is 9.86. The van der Waals surface area contributed by atoms with E-state index in [9.17, 15) is 4.79 Å². The van der Waals surface area contributed by atoms with Crippen LogP contribution in [0.15, 0.2) is 0 Å². The standard InChI is InChI=1S/C14H26N2O/c1-10(2)7-13-15-9-14(17)16(13)12-6-4-5-11(3)8-12/h10-13,15H,4-9H2,1-3H3. The summed E-state index contributed by atoms with van der Waals surface area (Å²) in [6.45, 7) is 7.32. The van der Waals surface area contributed by atoms with Gasteiger partial charge in [0.2, 0.25) is 5.91 Å². The molecular formula is C14H26N2O. The van der Waals surface area contributed by atoms with Crippen molar-refractivity contribution in [1.29, 1.82) is 0 Å². The first kappa shape index (κ1) is 12.9. The van der Waals surface area contributed by atoms with Crippen LogP contribution >= 0.6 is 0 Å². The normalized spacial score (nSPS) is 34.7. The van der Waals surface area contributed by atoms with Gasteiger partial charge in [-0.05, 0) is 31.1 Å². The minimum Gasteiger partial charge on any atom is -0.323 e. The van der Waals surface area contributed by atoms with E-state index >= 15 is 0 Å². The SMILES string of the molecule is CC(C)CC1NCC(=O)N1C1CCCC(C)C1. The zero-order valence-corrected chi connectivity index (χ0v) is 11.4. The van der Waals surface area contributed by atoms with Gasteiger partial charge in [0.05, 0.1) is 12.7 Å². The van der Waals surface area contributed by atoms with Crippen LogP contribution in [-0.4, -0.2) is 29.6 Å². The van der Waals surface area contributed by atoms with Crippen LogP contribution in [-0.2, 0) is 4.79 Å². The molecule has 1 aliphatic carbocycles. The van der Waals surface area contributed by atoms with Crippen molar-refractivity contribution >= 4 is 5.91 Å². The van der Waals surface area contributed by atoms with Crippen molar-refractivity contribution in [2.24, 2.45) is 11.8 Å². The molecule has 3 unspecified atom stereocenters. The summed E-state index contributed by atoms with van der Waals surface area (Å²) in [5.74, 6) is 1.73. The van der Waals surface area contributed by atoms with Crippen LogP contribution in [0.25, 0.3) is 0 Å². The summed E-state index contributed by atoms with van der Waals surface area (Å²) < 4.78 is 0. The molecular weight excluding hydrogens is 212 g/mol. The first-order valence-electron chi connectivity index (χ1n) is 7.12. The highest BCUT2D eigenvalue weighted by Crippen LogP contribution is 2.30. The van der Waals surface area contributed by atoms with Crippen LogP contribution in [0.5, 0.6) is 0 Å². The summed E-state index contributed by atoms with van der Waals surface area (Å²) in [7, 11) is 0. The van der Waals surface area contributed by atoms with Crippen LogP contribution in [0, 0.1) is 11.8 Å². The van der Waals surface area contributed by atoms with Crippen molar-refractivity contribution in [2.45, 2.75) is 65.1 Å². The van der Waals surface area contributed by atoms with E-state index in [2.05, 4.69) is 31.0 Å². The summed E-state index contributed by atoms with van der Waals surface area (Å²) in [4.78, 5) is 14.2. The molecule has 2 rings (SSSR count). The second-order valence-corrected chi connectivity index (χ2v) is 6.25. The highest BCUT2D eigenvalue weighted by molar-refractivity contribution is 5.81. The molecule has 2 fully saturated rings. The van der Waals surface area contributed by atoms with Crippen LogP contribution in [0.2, 0.25) is 0 Å². The molecule has 3 heteroatoms. The molecule has 98 valence electrons. The van der Waals surface area contributed by atoms with Crippen LogP contribution in [0.1, 0.15) is 52.9 Å². The summed E-state index contributed by atoms with van der Waals surface area (Å²) in [5, 5.41) is 3.38. The molecule has 3 atom stereocenters. The number of rotatable bonds is 3. The Balaban J connectivity index is 2.02. The molecule has 0 aromatic carbocycles. The van der Waals surface area contributed by atoms with Crippen molar-refractivity contribution < 1.29 is 4.79 Å². The fourth-order valence-electron chi connectivity index (χ4n) is 3.32. The van der Waals surface area contributed by atoms with Crippen molar-refractivity contribution in [3.8, 4) is 0 Å². The lowest BCUT2D eigenvalue weighted by Gasteiger charge is -2.38. The minimum atomic E-state index is 0.290. The third kappa shape index (κ3) is 3.01. The summed E-state index contributed by atoms with van der Waals surface area (Å²) in [6, 6.07) is 0.491. The average Bonchev–Trinajstić information content (AvgIpc) is 2.59. The van der Waals surface area contributed by atoms with Crippen molar-refractivity contribution in [2.75, 3.05) is 6.54 Å². The van der Waals surface area contributed by atoms with Gasteiger partial charge in [-0.25, -0.2) is 0 Å². The Morgan fingerprint density at radius 3 is 2.82 bits per heavy atom. The predicted molar refractivity (Wildman–Crippen MR) is 69.5 cm³/mol. The van der Waals surface area contributed by atoms with E-state index < -0.39 is 0 Å². The molecule has 0 aromatic rings. The smallest absolute Gasteiger partial charge is 0.238 e. The number of nitrogens with zero attached hydrogens (tertiary/aromatic N) is 1. The molecule has 1 amide bonds. The second kappa shape index (κ2) is 5.38. The number of amides is 1. The van der Waals surface area contributed by atoms with Crippen LogP contribution < -0.4 is 5.32 Å². The highest BCUT2D eigenvalue weighted by atomic mass is 16.2. The van der Waals surface area contributed by atoms with Crippen LogP contribution in [0.3, 0.4) is 0 Å². The van der Waals surface area contributed by atoms with E-state index in [0.717, 1.165) is 12.3 Å². The predicted octanol–water partition coefficient (Wildman–Crippen LogP) is 2.37. The van der Waals surface area contributed by atoms with Gasteiger partial charge in [0, 0.05) is 6.04 Å². The van der Waals surface area contributed by atoms with E-state index in [4.69, 9.17) is 0 Å². The molecule has 1 heterocycles. The highest BCUT2D eigenvalue weighted by Gasteiger charge is 2.37. The van der Waals surface area contributed by atoms with Gasteiger partial charge in [-0.3, -0.25) is 10.1 Å². The van der Waals surface area contributed by atoms with E-state index in [0.29, 0.717) is 24.4 Å². The fourth-order valence-corrected chi connectivity index (χ4v) is 3.32. The molecule has 0 spiro atoms. The fraction of sp³-hybridized carbons (Fsp3) is 0.929. The van der Waals surface area contributed by atoms with E-state index in [1.54, 1.807) is 0 Å². The number of carbonyl (C=O) groups is 1. The monoisotopic (exact) mass is 238 g/mol. The zero-order chi connectivity index (χ0) is 12.4. The first-order chi connectivity index (χ1) is 8.08. The Labute approximate surface area is 105 Å². The Hall–Kier alpha value is -0.570. The maximum Gasteiger partial charge on any atom is 0.238 e.